The summed E-state index contributed by atoms with van der Waals surface area (Å²) in [7, 11) is 0. The Labute approximate surface area is 143 Å². The Balaban J connectivity index is 1.74. The van der Waals surface area contributed by atoms with Gasteiger partial charge in [-0.2, -0.15) is 0 Å². The van der Waals surface area contributed by atoms with Gasteiger partial charge in [0, 0.05) is 6.42 Å². The molecule has 0 spiro atoms. The molecule has 0 amide bonds. The SMILES string of the molecule is CC(C)(C)OC(=O)/C=C1/CC[C@H]([C@H](O)COCc2ccccc2)O1. The van der Waals surface area contributed by atoms with Gasteiger partial charge in [0.25, 0.3) is 0 Å². The Kier molecular flexibility index (Phi) is 6.40. The number of rotatable bonds is 6. The standard InChI is InChI=1S/C19H26O5/c1-19(2,3)24-18(21)11-15-9-10-17(23-15)16(20)13-22-12-14-7-5-4-6-8-14/h4-8,11,16-17,20H,9-10,12-13H2,1-3H3/b15-11-/t16-,17-/m1/s1. The van der Waals surface area contributed by atoms with Crippen LogP contribution in [0.15, 0.2) is 42.2 Å². The van der Waals surface area contributed by atoms with E-state index in [-0.39, 0.29) is 12.7 Å². The number of aliphatic hydroxyl groups excluding tert-OH is 1. The molecule has 5 nitrogen and oxygen atoms in total. The Morgan fingerprint density at radius 2 is 2.08 bits per heavy atom. The number of hydrogen-bond donors (Lipinski definition) is 1. The van der Waals surface area contributed by atoms with Crippen molar-refractivity contribution >= 4 is 5.97 Å². The molecule has 24 heavy (non-hydrogen) atoms. The summed E-state index contributed by atoms with van der Waals surface area (Å²) in [4.78, 5) is 11.8. The topological polar surface area (TPSA) is 65.0 Å². The van der Waals surface area contributed by atoms with Crippen LogP contribution in [0.1, 0.15) is 39.2 Å². The summed E-state index contributed by atoms with van der Waals surface area (Å²) in [6.07, 6.45) is 1.56. The quantitative estimate of drug-likeness (QED) is 0.640. The van der Waals surface area contributed by atoms with Gasteiger partial charge in [0.05, 0.1) is 19.3 Å². The van der Waals surface area contributed by atoms with Gasteiger partial charge in [-0.15, -0.1) is 0 Å². The van der Waals surface area contributed by atoms with Crippen LogP contribution in [0.2, 0.25) is 0 Å². The molecular weight excluding hydrogens is 308 g/mol. The van der Waals surface area contributed by atoms with E-state index in [2.05, 4.69) is 0 Å². The van der Waals surface area contributed by atoms with E-state index in [1.807, 2.05) is 51.1 Å². The summed E-state index contributed by atoms with van der Waals surface area (Å²) in [6, 6.07) is 9.79. The van der Waals surface area contributed by atoms with Crippen LogP contribution >= 0.6 is 0 Å². The van der Waals surface area contributed by atoms with Crippen molar-refractivity contribution in [2.45, 2.75) is 58.0 Å². The number of ether oxygens (including phenoxy) is 3. The van der Waals surface area contributed by atoms with Crippen molar-refractivity contribution in [1.82, 2.24) is 0 Å². The number of aliphatic hydroxyl groups is 1. The monoisotopic (exact) mass is 334 g/mol. The van der Waals surface area contributed by atoms with Crippen LogP contribution in [0, 0.1) is 0 Å². The number of carbonyl (C=O) groups excluding carboxylic acids is 1. The average Bonchev–Trinajstić information content (AvgIpc) is 2.94. The first-order valence-corrected chi connectivity index (χ1v) is 8.23. The fourth-order valence-electron chi connectivity index (χ4n) is 2.42. The highest BCUT2D eigenvalue weighted by Crippen LogP contribution is 2.26. The lowest BCUT2D eigenvalue weighted by Crippen LogP contribution is -2.29. The Hall–Kier alpha value is -1.85. The number of benzene rings is 1. The van der Waals surface area contributed by atoms with Crippen molar-refractivity contribution < 1.29 is 24.1 Å². The van der Waals surface area contributed by atoms with Crippen molar-refractivity contribution in [2.75, 3.05) is 6.61 Å². The van der Waals surface area contributed by atoms with Crippen molar-refractivity contribution in [1.29, 1.82) is 0 Å². The highest BCUT2D eigenvalue weighted by Gasteiger charge is 2.29. The lowest BCUT2D eigenvalue weighted by Gasteiger charge is -2.19. The molecule has 0 unspecified atom stereocenters. The van der Waals surface area contributed by atoms with Crippen LogP contribution < -0.4 is 0 Å². The normalized spacial score (nSPS) is 20.7. The summed E-state index contributed by atoms with van der Waals surface area (Å²) in [5, 5.41) is 10.2. The van der Waals surface area contributed by atoms with E-state index >= 15 is 0 Å². The van der Waals surface area contributed by atoms with Gasteiger partial charge >= 0.3 is 5.97 Å². The average molecular weight is 334 g/mol. The maximum atomic E-state index is 11.8. The smallest absolute Gasteiger partial charge is 0.334 e. The third-order valence-corrected chi connectivity index (χ3v) is 3.49. The molecule has 1 aromatic rings. The van der Waals surface area contributed by atoms with E-state index in [1.54, 1.807) is 0 Å². The third-order valence-electron chi connectivity index (χ3n) is 3.49. The Morgan fingerprint density at radius 1 is 1.38 bits per heavy atom. The fourth-order valence-corrected chi connectivity index (χ4v) is 2.42. The van der Waals surface area contributed by atoms with Gasteiger partial charge in [0.1, 0.15) is 23.6 Å². The predicted molar refractivity (Wildman–Crippen MR) is 90.1 cm³/mol. The van der Waals surface area contributed by atoms with Crippen molar-refractivity contribution in [3.8, 4) is 0 Å². The molecule has 2 atom stereocenters. The molecular formula is C19H26O5. The molecule has 0 radical (unpaired) electrons. The Bertz CT molecular complexity index is 559. The predicted octanol–water partition coefficient (Wildman–Crippen LogP) is 2.97. The van der Waals surface area contributed by atoms with Crippen molar-refractivity contribution in [3.05, 3.63) is 47.7 Å². The zero-order valence-electron chi connectivity index (χ0n) is 14.5. The van der Waals surface area contributed by atoms with Gasteiger partial charge in [-0.1, -0.05) is 30.3 Å². The largest absolute Gasteiger partial charge is 0.492 e. The third kappa shape index (κ3) is 6.34. The molecule has 1 N–H and O–H groups in total. The van der Waals surface area contributed by atoms with Crippen LogP contribution in [0.4, 0.5) is 0 Å². The first kappa shape index (κ1) is 18.5. The summed E-state index contributed by atoms with van der Waals surface area (Å²) >= 11 is 0. The van der Waals surface area contributed by atoms with Gasteiger partial charge < -0.3 is 19.3 Å². The number of hydrogen-bond acceptors (Lipinski definition) is 5. The Morgan fingerprint density at radius 3 is 2.75 bits per heavy atom. The van der Waals surface area contributed by atoms with E-state index < -0.39 is 17.7 Å². The molecule has 132 valence electrons. The van der Waals surface area contributed by atoms with E-state index in [4.69, 9.17) is 14.2 Å². The number of carbonyl (C=O) groups is 1. The first-order chi connectivity index (χ1) is 11.3. The van der Waals surface area contributed by atoms with E-state index in [1.165, 1.54) is 6.08 Å². The molecule has 5 heteroatoms. The molecule has 0 bridgehead atoms. The van der Waals surface area contributed by atoms with Crippen LogP contribution in [0.3, 0.4) is 0 Å². The van der Waals surface area contributed by atoms with E-state index in [0.717, 1.165) is 5.56 Å². The molecule has 2 rings (SSSR count). The van der Waals surface area contributed by atoms with E-state index in [0.29, 0.717) is 25.2 Å². The summed E-state index contributed by atoms with van der Waals surface area (Å²) in [5.74, 6) is 0.129. The van der Waals surface area contributed by atoms with Gasteiger partial charge in [0.15, 0.2) is 0 Å². The molecule has 0 saturated carbocycles. The van der Waals surface area contributed by atoms with Crippen LogP contribution in [0.25, 0.3) is 0 Å². The number of esters is 1. The van der Waals surface area contributed by atoms with Crippen molar-refractivity contribution in [2.24, 2.45) is 0 Å². The molecule has 1 aliphatic heterocycles. The van der Waals surface area contributed by atoms with Crippen LogP contribution in [-0.4, -0.2) is 35.5 Å². The molecule has 1 saturated heterocycles. The second kappa shape index (κ2) is 8.31. The zero-order valence-corrected chi connectivity index (χ0v) is 14.5. The summed E-state index contributed by atoms with van der Waals surface area (Å²) in [5.41, 5.74) is 0.527. The van der Waals surface area contributed by atoms with Gasteiger partial charge in [-0.3, -0.25) is 0 Å². The fraction of sp³-hybridized carbons (Fsp3) is 0.526. The lowest BCUT2D eigenvalue weighted by atomic mass is 10.1. The maximum Gasteiger partial charge on any atom is 0.334 e. The molecule has 1 fully saturated rings. The minimum absolute atomic E-state index is 0.194. The van der Waals surface area contributed by atoms with Crippen molar-refractivity contribution in [3.63, 3.8) is 0 Å². The molecule has 1 aliphatic rings. The maximum absolute atomic E-state index is 11.8. The minimum atomic E-state index is -0.724. The second-order valence-corrected chi connectivity index (χ2v) is 6.91. The zero-order chi connectivity index (χ0) is 17.6. The summed E-state index contributed by atoms with van der Waals surface area (Å²) < 4.78 is 16.4. The molecule has 0 aromatic heterocycles. The lowest BCUT2D eigenvalue weighted by molar-refractivity contribution is -0.148. The highest BCUT2D eigenvalue weighted by atomic mass is 16.6. The molecule has 0 aliphatic carbocycles. The first-order valence-electron chi connectivity index (χ1n) is 8.23. The minimum Gasteiger partial charge on any atom is -0.492 e. The summed E-state index contributed by atoms with van der Waals surface area (Å²) in [6.45, 7) is 6.09. The van der Waals surface area contributed by atoms with Gasteiger partial charge in [-0.25, -0.2) is 4.79 Å². The van der Waals surface area contributed by atoms with Gasteiger partial charge in [0.2, 0.25) is 0 Å². The molecule has 1 heterocycles. The van der Waals surface area contributed by atoms with Crippen LogP contribution in [0.5, 0.6) is 0 Å². The highest BCUT2D eigenvalue weighted by molar-refractivity contribution is 5.82. The second-order valence-electron chi connectivity index (χ2n) is 6.91. The number of allylic oxidation sites excluding steroid dienone is 1. The molecule has 1 aromatic carbocycles. The van der Waals surface area contributed by atoms with E-state index in [9.17, 15) is 9.90 Å². The van der Waals surface area contributed by atoms with Crippen LogP contribution in [-0.2, 0) is 25.6 Å². The van der Waals surface area contributed by atoms with Gasteiger partial charge in [-0.05, 0) is 32.8 Å².